The molecule has 1 aliphatic carbocycles. The van der Waals surface area contributed by atoms with E-state index in [4.69, 9.17) is 0 Å². The number of benzene rings is 1. The Balaban J connectivity index is 1.53. The lowest BCUT2D eigenvalue weighted by molar-refractivity contribution is -0.117. The van der Waals surface area contributed by atoms with Gasteiger partial charge in [-0.25, -0.2) is 4.79 Å². The number of amides is 3. The fourth-order valence-electron chi connectivity index (χ4n) is 4.64. The topological polar surface area (TPSA) is 77.2 Å². The summed E-state index contributed by atoms with van der Waals surface area (Å²) in [6.07, 6.45) is 4.28. The van der Waals surface area contributed by atoms with Crippen LogP contribution in [0.1, 0.15) is 30.4 Å². The molecule has 6 heteroatoms. The highest BCUT2D eigenvalue weighted by Gasteiger charge is 2.39. The quantitative estimate of drug-likeness (QED) is 0.782. The molecule has 0 saturated carbocycles. The number of carbonyl (C=O) groups is 2. The van der Waals surface area contributed by atoms with Gasteiger partial charge in [-0.05, 0) is 43.0 Å². The third-order valence-corrected chi connectivity index (χ3v) is 5.65. The Hall–Kier alpha value is -2.34. The van der Waals surface area contributed by atoms with Gasteiger partial charge in [-0.2, -0.15) is 0 Å². The lowest BCUT2D eigenvalue weighted by Gasteiger charge is -2.45. The molecule has 0 spiro atoms. The van der Waals surface area contributed by atoms with Crippen molar-refractivity contribution in [2.24, 2.45) is 5.92 Å². The molecule has 3 amide bonds. The molecule has 1 aromatic carbocycles. The van der Waals surface area contributed by atoms with Gasteiger partial charge in [0.25, 0.3) is 0 Å². The fourth-order valence-corrected chi connectivity index (χ4v) is 4.64. The van der Waals surface area contributed by atoms with E-state index in [1.807, 2.05) is 0 Å². The molecular formula is C19H24N4O2. The summed E-state index contributed by atoms with van der Waals surface area (Å²) in [4.78, 5) is 28.5. The largest absolute Gasteiger partial charge is 0.361 e. The number of H-pyrrole nitrogens is 1. The number of nitrogens with one attached hydrogen (secondary N) is 3. The molecule has 1 fully saturated rings. The molecule has 2 heterocycles. The summed E-state index contributed by atoms with van der Waals surface area (Å²) in [6, 6.07) is 6.62. The molecule has 0 bridgehead atoms. The van der Waals surface area contributed by atoms with E-state index >= 15 is 0 Å². The highest BCUT2D eigenvalue weighted by molar-refractivity contribution is 5.93. The van der Waals surface area contributed by atoms with Gasteiger partial charge in [-0.3, -0.25) is 10.1 Å². The Morgan fingerprint density at radius 3 is 3.00 bits per heavy atom. The lowest BCUT2D eigenvalue weighted by Crippen LogP contribution is -2.51. The summed E-state index contributed by atoms with van der Waals surface area (Å²) in [5.41, 5.74) is 4.06. The second kappa shape index (κ2) is 6.19. The minimum atomic E-state index is -0.407. The van der Waals surface area contributed by atoms with Gasteiger partial charge in [0.05, 0.1) is 0 Å². The highest BCUT2D eigenvalue weighted by Crippen LogP contribution is 2.44. The smallest absolute Gasteiger partial charge is 0.321 e. The molecule has 4 rings (SSSR count). The number of piperidine rings is 1. The molecule has 1 saturated heterocycles. The molecule has 1 aromatic heterocycles. The molecule has 6 nitrogen and oxygen atoms in total. The van der Waals surface area contributed by atoms with Crippen LogP contribution in [0.15, 0.2) is 24.4 Å². The van der Waals surface area contributed by atoms with E-state index in [1.165, 1.54) is 29.0 Å². The number of aromatic amines is 1. The van der Waals surface area contributed by atoms with Crippen molar-refractivity contribution in [3.05, 3.63) is 35.5 Å². The van der Waals surface area contributed by atoms with Gasteiger partial charge in [0.15, 0.2) is 0 Å². The number of imide groups is 1. The predicted molar refractivity (Wildman–Crippen MR) is 96.5 cm³/mol. The van der Waals surface area contributed by atoms with Crippen molar-refractivity contribution in [3.8, 4) is 0 Å². The number of fused-ring (bicyclic) bond motifs is 2. The number of rotatable bonds is 2. The van der Waals surface area contributed by atoms with E-state index in [9.17, 15) is 9.59 Å². The first-order valence-corrected chi connectivity index (χ1v) is 8.87. The Labute approximate surface area is 147 Å². The molecule has 3 atom stereocenters. The van der Waals surface area contributed by atoms with Crippen LogP contribution in [0, 0.1) is 5.92 Å². The first kappa shape index (κ1) is 16.1. The van der Waals surface area contributed by atoms with Crippen LogP contribution in [0.3, 0.4) is 0 Å². The van der Waals surface area contributed by atoms with E-state index < -0.39 is 6.03 Å². The second-order valence-corrected chi connectivity index (χ2v) is 7.39. The first-order valence-electron chi connectivity index (χ1n) is 8.87. The lowest BCUT2D eigenvalue weighted by atomic mass is 9.72. The number of hydrogen-bond donors (Lipinski definition) is 3. The van der Waals surface area contributed by atoms with Crippen LogP contribution >= 0.6 is 0 Å². The van der Waals surface area contributed by atoms with Crippen LogP contribution in [0.25, 0.3) is 10.9 Å². The van der Waals surface area contributed by atoms with Gasteiger partial charge in [0.2, 0.25) is 5.91 Å². The zero-order chi connectivity index (χ0) is 17.6. The van der Waals surface area contributed by atoms with Gasteiger partial charge < -0.3 is 15.2 Å². The van der Waals surface area contributed by atoms with Gasteiger partial charge in [-0.15, -0.1) is 0 Å². The van der Waals surface area contributed by atoms with Crippen LogP contribution in [0.4, 0.5) is 4.79 Å². The highest BCUT2D eigenvalue weighted by atomic mass is 16.2. The Morgan fingerprint density at radius 2 is 2.20 bits per heavy atom. The molecule has 1 aliphatic heterocycles. The summed E-state index contributed by atoms with van der Waals surface area (Å²) < 4.78 is 0. The zero-order valence-electron chi connectivity index (χ0n) is 14.6. The van der Waals surface area contributed by atoms with Crippen molar-refractivity contribution >= 4 is 22.8 Å². The minimum absolute atomic E-state index is 0.336. The first-order chi connectivity index (χ1) is 12.0. The van der Waals surface area contributed by atoms with Crippen molar-refractivity contribution in [2.45, 2.75) is 31.7 Å². The standard InChI is InChI=1S/C19H24N4O2/c1-11(24)22-19(25)21-8-12-6-15-14-4-3-5-16-18(14)13(9-20-16)7-17(15)23(2)10-12/h3-5,9,12,15,17,20H,6-8,10H2,1-2H3,(H2,21,22,24,25)/t12-,15+,17+/m0/s1. The molecular weight excluding hydrogens is 316 g/mol. The number of likely N-dealkylation sites (N-methyl/N-ethyl adjacent to an activating group) is 1. The Bertz CT molecular complexity index is 828. The Kier molecular flexibility index (Phi) is 4.00. The van der Waals surface area contributed by atoms with E-state index in [0.717, 1.165) is 19.4 Å². The molecule has 0 radical (unpaired) electrons. The van der Waals surface area contributed by atoms with Crippen LogP contribution in [-0.4, -0.2) is 48.0 Å². The summed E-state index contributed by atoms with van der Waals surface area (Å²) in [5.74, 6) is 0.519. The third-order valence-electron chi connectivity index (χ3n) is 5.65. The summed E-state index contributed by atoms with van der Waals surface area (Å²) in [5, 5.41) is 6.49. The monoisotopic (exact) mass is 340 g/mol. The van der Waals surface area contributed by atoms with E-state index in [2.05, 4.69) is 52.0 Å². The SMILES string of the molecule is CC(=O)NC(=O)NC[C@@H]1C[C@@H]2c3cccc4[nH]cc(c34)C[C@H]2N(C)C1. The van der Waals surface area contributed by atoms with Crippen LogP contribution in [0.5, 0.6) is 0 Å². The van der Waals surface area contributed by atoms with E-state index in [0.29, 0.717) is 24.4 Å². The Morgan fingerprint density at radius 1 is 1.36 bits per heavy atom. The summed E-state index contributed by atoms with van der Waals surface area (Å²) in [6.45, 7) is 2.88. The predicted octanol–water partition coefficient (Wildman–Crippen LogP) is 1.97. The number of urea groups is 1. The maximum absolute atomic E-state index is 11.7. The third kappa shape index (κ3) is 2.91. The number of likely N-dealkylation sites (tertiary alicyclic amines) is 1. The summed E-state index contributed by atoms with van der Waals surface area (Å²) >= 11 is 0. The molecule has 2 aromatic rings. The van der Waals surface area contributed by atoms with Crippen LogP contribution < -0.4 is 10.6 Å². The van der Waals surface area contributed by atoms with Crippen LogP contribution in [-0.2, 0) is 11.2 Å². The van der Waals surface area contributed by atoms with Crippen molar-refractivity contribution in [3.63, 3.8) is 0 Å². The van der Waals surface area contributed by atoms with Gasteiger partial charge in [-0.1, -0.05) is 12.1 Å². The maximum atomic E-state index is 11.7. The number of hydrogen-bond acceptors (Lipinski definition) is 3. The molecule has 132 valence electrons. The second-order valence-electron chi connectivity index (χ2n) is 7.39. The number of aromatic nitrogens is 1. The van der Waals surface area contributed by atoms with Crippen molar-refractivity contribution in [2.75, 3.05) is 20.1 Å². The van der Waals surface area contributed by atoms with E-state index in [-0.39, 0.29) is 5.91 Å². The minimum Gasteiger partial charge on any atom is -0.361 e. The fraction of sp³-hybridized carbons (Fsp3) is 0.474. The average Bonchev–Trinajstić information content (AvgIpc) is 2.98. The van der Waals surface area contributed by atoms with Crippen LogP contribution in [0.2, 0.25) is 0 Å². The maximum Gasteiger partial charge on any atom is 0.321 e. The molecule has 3 N–H and O–H groups in total. The molecule has 2 aliphatic rings. The summed E-state index contributed by atoms with van der Waals surface area (Å²) in [7, 11) is 2.18. The normalized spacial score (nSPS) is 25.4. The van der Waals surface area contributed by atoms with E-state index in [1.54, 1.807) is 0 Å². The van der Waals surface area contributed by atoms with Gasteiger partial charge in [0.1, 0.15) is 0 Å². The molecule has 25 heavy (non-hydrogen) atoms. The zero-order valence-corrected chi connectivity index (χ0v) is 14.6. The number of carbonyl (C=O) groups excluding carboxylic acids is 2. The van der Waals surface area contributed by atoms with Crippen molar-refractivity contribution in [1.82, 2.24) is 20.5 Å². The van der Waals surface area contributed by atoms with Gasteiger partial charge >= 0.3 is 6.03 Å². The number of nitrogens with zero attached hydrogens (tertiary/aromatic N) is 1. The van der Waals surface area contributed by atoms with Crippen molar-refractivity contribution < 1.29 is 9.59 Å². The van der Waals surface area contributed by atoms with Gasteiger partial charge in [0, 0.05) is 49.1 Å². The van der Waals surface area contributed by atoms with Crippen molar-refractivity contribution in [1.29, 1.82) is 0 Å². The molecule has 0 unspecified atom stereocenters. The average molecular weight is 340 g/mol.